The monoisotopic (exact) mass is 255 g/mol. The van der Waals surface area contributed by atoms with Crippen molar-refractivity contribution >= 4 is 11.6 Å². The summed E-state index contributed by atoms with van der Waals surface area (Å²) in [5.74, 6) is 0. The van der Waals surface area contributed by atoms with Gasteiger partial charge in [-0.2, -0.15) is 5.10 Å². The van der Waals surface area contributed by atoms with Gasteiger partial charge in [0.15, 0.2) is 0 Å². The van der Waals surface area contributed by atoms with E-state index in [1.165, 1.54) is 19.3 Å². The van der Waals surface area contributed by atoms with E-state index in [0.717, 1.165) is 42.2 Å². The molecule has 3 nitrogen and oxygen atoms in total. The molecule has 0 aromatic carbocycles. The quantitative estimate of drug-likeness (QED) is 0.902. The summed E-state index contributed by atoms with van der Waals surface area (Å²) in [7, 11) is 0. The molecule has 0 aliphatic heterocycles. The van der Waals surface area contributed by atoms with Crippen LogP contribution in [-0.2, 0) is 13.0 Å². The van der Waals surface area contributed by atoms with E-state index in [1.807, 2.05) is 11.6 Å². The fourth-order valence-corrected chi connectivity index (χ4v) is 3.01. The zero-order valence-corrected chi connectivity index (χ0v) is 11.6. The normalized spacial score (nSPS) is 19.5. The third-order valence-electron chi connectivity index (χ3n) is 3.82. The average molecular weight is 256 g/mol. The molecular formula is C13H22ClN3. The molecule has 0 bridgehead atoms. The third kappa shape index (κ3) is 2.66. The maximum Gasteiger partial charge on any atom is 0.0847 e. The zero-order chi connectivity index (χ0) is 12.5. The number of halogens is 1. The summed E-state index contributed by atoms with van der Waals surface area (Å²) in [6.45, 7) is 4.91. The number of hydrogen-bond acceptors (Lipinski definition) is 2. The lowest BCUT2D eigenvalue weighted by molar-refractivity contribution is 0.288. The maximum atomic E-state index is 6.49. The van der Waals surface area contributed by atoms with Crippen molar-refractivity contribution in [2.45, 2.75) is 64.5 Å². The maximum absolute atomic E-state index is 6.49. The molecule has 0 amide bonds. The van der Waals surface area contributed by atoms with Crippen LogP contribution in [-0.4, -0.2) is 15.3 Å². The molecule has 0 atom stereocenters. The molecule has 4 heteroatoms. The summed E-state index contributed by atoms with van der Waals surface area (Å²) in [6, 6.07) is 0. The molecule has 1 aromatic heterocycles. The number of nitrogens with zero attached hydrogens (tertiary/aromatic N) is 2. The van der Waals surface area contributed by atoms with E-state index in [0.29, 0.717) is 0 Å². The molecule has 0 saturated heterocycles. The van der Waals surface area contributed by atoms with Crippen LogP contribution in [0.3, 0.4) is 0 Å². The first-order valence-electron chi connectivity index (χ1n) is 6.56. The Balaban J connectivity index is 2.22. The second-order valence-corrected chi connectivity index (χ2v) is 5.64. The van der Waals surface area contributed by atoms with Gasteiger partial charge in [-0.15, -0.1) is 0 Å². The molecule has 1 aliphatic rings. The van der Waals surface area contributed by atoms with Gasteiger partial charge in [0.2, 0.25) is 0 Å². The fraction of sp³-hybridized carbons (Fsp3) is 0.769. The predicted molar refractivity (Wildman–Crippen MR) is 71.4 cm³/mol. The summed E-state index contributed by atoms with van der Waals surface area (Å²) in [6.07, 6.45) is 6.88. The van der Waals surface area contributed by atoms with Crippen LogP contribution in [0.2, 0.25) is 5.02 Å². The van der Waals surface area contributed by atoms with Crippen LogP contribution in [0.5, 0.6) is 0 Å². The Hall–Kier alpha value is -0.540. The second kappa shape index (κ2) is 4.99. The molecule has 17 heavy (non-hydrogen) atoms. The third-order valence-corrected chi connectivity index (χ3v) is 4.31. The molecular weight excluding hydrogens is 234 g/mol. The molecule has 0 radical (unpaired) electrons. The van der Waals surface area contributed by atoms with Gasteiger partial charge in [-0.05, 0) is 26.7 Å². The van der Waals surface area contributed by atoms with Crippen molar-refractivity contribution in [3.05, 3.63) is 16.4 Å². The summed E-state index contributed by atoms with van der Waals surface area (Å²) in [5.41, 5.74) is 8.47. The van der Waals surface area contributed by atoms with E-state index in [1.54, 1.807) is 0 Å². The van der Waals surface area contributed by atoms with Gasteiger partial charge in [-0.1, -0.05) is 30.9 Å². The predicted octanol–water partition coefficient (Wildman–Crippen LogP) is 3.07. The Morgan fingerprint density at radius 2 is 2.00 bits per heavy atom. The Morgan fingerprint density at radius 1 is 1.35 bits per heavy atom. The largest absolute Gasteiger partial charge is 0.325 e. The van der Waals surface area contributed by atoms with E-state index >= 15 is 0 Å². The van der Waals surface area contributed by atoms with E-state index in [2.05, 4.69) is 12.0 Å². The van der Waals surface area contributed by atoms with Crippen LogP contribution < -0.4 is 5.73 Å². The van der Waals surface area contributed by atoms with Gasteiger partial charge in [0.1, 0.15) is 0 Å². The van der Waals surface area contributed by atoms with E-state index in [9.17, 15) is 0 Å². The molecule has 96 valence electrons. The van der Waals surface area contributed by atoms with Crippen LogP contribution >= 0.6 is 11.6 Å². The molecule has 1 heterocycles. The fourth-order valence-electron chi connectivity index (χ4n) is 2.80. The van der Waals surface area contributed by atoms with Crippen LogP contribution in [0.15, 0.2) is 0 Å². The number of hydrogen-bond donors (Lipinski definition) is 1. The molecule has 0 spiro atoms. The number of aryl methyl sites for hydroxylation is 2. The minimum Gasteiger partial charge on any atom is -0.325 e. The highest BCUT2D eigenvalue weighted by molar-refractivity contribution is 6.31. The van der Waals surface area contributed by atoms with Crippen LogP contribution in [0.1, 0.15) is 50.4 Å². The van der Waals surface area contributed by atoms with Crippen molar-refractivity contribution in [3.63, 3.8) is 0 Å². The van der Waals surface area contributed by atoms with Crippen LogP contribution in [0, 0.1) is 6.92 Å². The lowest BCUT2D eigenvalue weighted by Crippen LogP contribution is -2.44. The Labute approximate surface area is 108 Å². The highest BCUT2D eigenvalue weighted by Crippen LogP contribution is 2.32. The molecule has 1 aliphatic carbocycles. The van der Waals surface area contributed by atoms with Crippen molar-refractivity contribution < 1.29 is 0 Å². The van der Waals surface area contributed by atoms with Crippen molar-refractivity contribution in [2.24, 2.45) is 5.73 Å². The van der Waals surface area contributed by atoms with Crippen molar-refractivity contribution in [2.75, 3.05) is 0 Å². The smallest absolute Gasteiger partial charge is 0.0847 e. The average Bonchev–Trinajstić information content (AvgIpc) is 2.57. The topological polar surface area (TPSA) is 43.8 Å². The van der Waals surface area contributed by atoms with Crippen molar-refractivity contribution in [1.82, 2.24) is 9.78 Å². The first kappa shape index (κ1) is 12.9. The highest BCUT2D eigenvalue weighted by atomic mass is 35.5. The van der Waals surface area contributed by atoms with Gasteiger partial charge < -0.3 is 5.73 Å². The lowest BCUT2D eigenvalue weighted by Gasteiger charge is -2.33. The lowest BCUT2D eigenvalue weighted by atomic mass is 9.79. The standard InChI is InChI=1S/C13H22ClN3/c1-3-17-11(12(14)10(2)16-17)9-13(15)7-5-4-6-8-13/h3-9,15H2,1-2H3. The second-order valence-electron chi connectivity index (χ2n) is 5.26. The molecule has 1 aromatic rings. The van der Waals surface area contributed by atoms with Gasteiger partial charge in [-0.25, -0.2) is 0 Å². The van der Waals surface area contributed by atoms with Crippen LogP contribution in [0.4, 0.5) is 0 Å². The molecule has 2 rings (SSSR count). The summed E-state index contributed by atoms with van der Waals surface area (Å²) < 4.78 is 2.00. The van der Waals surface area contributed by atoms with Gasteiger partial charge in [0, 0.05) is 18.5 Å². The van der Waals surface area contributed by atoms with Gasteiger partial charge in [-0.3, -0.25) is 4.68 Å². The molecule has 1 fully saturated rings. The molecule has 2 N–H and O–H groups in total. The first-order chi connectivity index (χ1) is 8.06. The minimum atomic E-state index is -0.0682. The van der Waals surface area contributed by atoms with Gasteiger partial charge in [0.05, 0.1) is 16.4 Å². The van der Waals surface area contributed by atoms with E-state index < -0.39 is 0 Å². The van der Waals surface area contributed by atoms with Crippen molar-refractivity contribution in [1.29, 1.82) is 0 Å². The number of nitrogens with two attached hydrogens (primary N) is 1. The summed E-state index contributed by atoms with van der Waals surface area (Å²) in [4.78, 5) is 0. The zero-order valence-electron chi connectivity index (χ0n) is 10.8. The Bertz CT molecular complexity index is 392. The Kier molecular flexibility index (Phi) is 3.79. The van der Waals surface area contributed by atoms with Crippen LogP contribution in [0.25, 0.3) is 0 Å². The van der Waals surface area contributed by atoms with E-state index in [4.69, 9.17) is 17.3 Å². The van der Waals surface area contributed by atoms with E-state index in [-0.39, 0.29) is 5.54 Å². The summed E-state index contributed by atoms with van der Waals surface area (Å²) in [5, 5.41) is 5.26. The number of rotatable bonds is 3. The molecule has 0 unspecified atom stereocenters. The highest BCUT2D eigenvalue weighted by Gasteiger charge is 2.30. The summed E-state index contributed by atoms with van der Waals surface area (Å²) >= 11 is 6.34. The van der Waals surface area contributed by atoms with Gasteiger partial charge >= 0.3 is 0 Å². The molecule has 1 saturated carbocycles. The van der Waals surface area contributed by atoms with Gasteiger partial charge in [0.25, 0.3) is 0 Å². The first-order valence-corrected chi connectivity index (χ1v) is 6.94. The Morgan fingerprint density at radius 3 is 2.59 bits per heavy atom. The number of aromatic nitrogens is 2. The van der Waals surface area contributed by atoms with Crippen molar-refractivity contribution in [3.8, 4) is 0 Å². The minimum absolute atomic E-state index is 0.0682. The SMILES string of the molecule is CCn1nc(C)c(Cl)c1CC1(N)CCCCC1.